The van der Waals surface area contributed by atoms with Crippen LogP contribution < -0.4 is 10.1 Å². The van der Waals surface area contributed by atoms with Crippen molar-refractivity contribution < 1.29 is 9.53 Å². The van der Waals surface area contributed by atoms with Gasteiger partial charge < -0.3 is 10.1 Å². The maximum atomic E-state index is 11.4. The first kappa shape index (κ1) is 11.7. The standard InChI is InChI=1S/C14H17NO2/c1-9(2)8-15-11-4-5-12-10(3)6-14(16)17-13(12)7-11/h4-5,7,10,15H,1,6,8H2,2-3H3. The SMILES string of the molecule is C=C(C)CNc1ccc2c(c1)OC(=O)CC2C. The molecule has 17 heavy (non-hydrogen) atoms. The van der Waals surface area contributed by atoms with Gasteiger partial charge >= 0.3 is 5.97 Å². The molecule has 1 N–H and O–H groups in total. The lowest BCUT2D eigenvalue weighted by atomic mass is 9.94. The van der Waals surface area contributed by atoms with Gasteiger partial charge in [-0.25, -0.2) is 0 Å². The third-order valence-electron chi connectivity index (χ3n) is 2.84. The predicted octanol–water partition coefficient (Wildman–Crippen LogP) is 3.09. The van der Waals surface area contributed by atoms with Gasteiger partial charge in [0.1, 0.15) is 5.75 Å². The number of hydrogen-bond donors (Lipinski definition) is 1. The van der Waals surface area contributed by atoms with Crippen LogP contribution in [0.3, 0.4) is 0 Å². The normalized spacial score (nSPS) is 18.2. The van der Waals surface area contributed by atoms with Crippen LogP contribution in [0, 0.1) is 0 Å². The molecule has 1 aliphatic rings. The molecule has 0 saturated heterocycles. The number of carbonyl (C=O) groups excluding carboxylic acids is 1. The molecule has 3 nitrogen and oxygen atoms in total. The topological polar surface area (TPSA) is 38.3 Å². The number of hydrogen-bond acceptors (Lipinski definition) is 3. The quantitative estimate of drug-likeness (QED) is 0.493. The minimum absolute atomic E-state index is 0.151. The molecule has 0 amide bonds. The van der Waals surface area contributed by atoms with E-state index in [1.54, 1.807) is 0 Å². The lowest BCUT2D eigenvalue weighted by Gasteiger charge is -2.22. The Morgan fingerprint density at radius 2 is 2.35 bits per heavy atom. The molecule has 0 aromatic heterocycles. The van der Waals surface area contributed by atoms with Crippen LogP contribution in [0.25, 0.3) is 0 Å². The highest BCUT2D eigenvalue weighted by atomic mass is 16.5. The highest BCUT2D eigenvalue weighted by Gasteiger charge is 2.23. The summed E-state index contributed by atoms with van der Waals surface area (Å²) in [4.78, 5) is 11.4. The van der Waals surface area contributed by atoms with E-state index in [9.17, 15) is 4.79 Å². The first-order chi connectivity index (χ1) is 8.06. The van der Waals surface area contributed by atoms with E-state index >= 15 is 0 Å². The second kappa shape index (κ2) is 4.62. The van der Waals surface area contributed by atoms with E-state index in [-0.39, 0.29) is 11.9 Å². The van der Waals surface area contributed by atoms with Gasteiger partial charge in [0.25, 0.3) is 0 Å². The van der Waals surface area contributed by atoms with Gasteiger partial charge in [-0.2, -0.15) is 0 Å². The Labute approximate surface area is 101 Å². The molecule has 3 heteroatoms. The van der Waals surface area contributed by atoms with Crippen molar-refractivity contribution in [2.45, 2.75) is 26.2 Å². The van der Waals surface area contributed by atoms with Crippen LogP contribution in [0.1, 0.15) is 31.7 Å². The minimum atomic E-state index is -0.151. The molecular formula is C14H17NO2. The second-order valence-corrected chi connectivity index (χ2v) is 4.64. The number of fused-ring (bicyclic) bond motifs is 1. The highest BCUT2D eigenvalue weighted by molar-refractivity contribution is 5.77. The van der Waals surface area contributed by atoms with Crippen LogP contribution >= 0.6 is 0 Å². The molecule has 1 aromatic rings. The van der Waals surface area contributed by atoms with Crippen molar-refractivity contribution in [2.24, 2.45) is 0 Å². The Bertz CT molecular complexity index is 465. The van der Waals surface area contributed by atoms with E-state index in [1.165, 1.54) is 0 Å². The minimum Gasteiger partial charge on any atom is -0.426 e. The van der Waals surface area contributed by atoms with Gasteiger partial charge in [0.2, 0.25) is 0 Å². The van der Waals surface area contributed by atoms with E-state index in [1.807, 2.05) is 32.0 Å². The average molecular weight is 231 g/mol. The van der Waals surface area contributed by atoms with Crippen molar-refractivity contribution in [3.05, 3.63) is 35.9 Å². The first-order valence-electron chi connectivity index (χ1n) is 5.79. The smallest absolute Gasteiger partial charge is 0.311 e. The fourth-order valence-corrected chi connectivity index (χ4v) is 1.92. The molecule has 1 heterocycles. The molecule has 0 aliphatic carbocycles. The van der Waals surface area contributed by atoms with Gasteiger partial charge in [-0.1, -0.05) is 25.1 Å². The summed E-state index contributed by atoms with van der Waals surface area (Å²) >= 11 is 0. The maximum Gasteiger partial charge on any atom is 0.311 e. The van der Waals surface area contributed by atoms with Crippen LogP contribution in [0.5, 0.6) is 5.75 Å². The molecule has 0 saturated carbocycles. The largest absolute Gasteiger partial charge is 0.426 e. The molecule has 1 aliphatic heterocycles. The lowest BCUT2D eigenvalue weighted by Crippen LogP contribution is -2.18. The Morgan fingerprint density at radius 1 is 1.59 bits per heavy atom. The van der Waals surface area contributed by atoms with Crippen LogP contribution in [0.2, 0.25) is 0 Å². The van der Waals surface area contributed by atoms with Gasteiger partial charge in [0.05, 0.1) is 6.42 Å². The Hall–Kier alpha value is -1.77. The fraction of sp³-hybridized carbons (Fsp3) is 0.357. The van der Waals surface area contributed by atoms with E-state index in [2.05, 4.69) is 11.9 Å². The van der Waals surface area contributed by atoms with Crippen molar-refractivity contribution >= 4 is 11.7 Å². The Kier molecular flexibility index (Phi) is 3.18. The van der Waals surface area contributed by atoms with Crippen molar-refractivity contribution in [1.82, 2.24) is 0 Å². The monoisotopic (exact) mass is 231 g/mol. The van der Waals surface area contributed by atoms with Crippen LogP contribution in [-0.4, -0.2) is 12.5 Å². The molecule has 0 fully saturated rings. The maximum absolute atomic E-state index is 11.4. The van der Waals surface area contributed by atoms with Crippen molar-refractivity contribution in [3.8, 4) is 5.75 Å². The van der Waals surface area contributed by atoms with Crippen molar-refractivity contribution in [3.63, 3.8) is 0 Å². The predicted molar refractivity (Wildman–Crippen MR) is 68.4 cm³/mol. The van der Waals surface area contributed by atoms with Gasteiger partial charge in [0.15, 0.2) is 0 Å². The van der Waals surface area contributed by atoms with Crippen LogP contribution in [0.15, 0.2) is 30.4 Å². The summed E-state index contributed by atoms with van der Waals surface area (Å²) in [5, 5.41) is 3.23. The zero-order chi connectivity index (χ0) is 12.4. The van der Waals surface area contributed by atoms with Gasteiger partial charge in [0, 0.05) is 18.3 Å². The number of anilines is 1. The van der Waals surface area contributed by atoms with Gasteiger partial charge in [-0.15, -0.1) is 0 Å². The second-order valence-electron chi connectivity index (χ2n) is 4.64. The van der Waals surface area contributed by atoms with Crippen LogP contribution in [0.4, 0.5) is 5.69 Å². The zero-order valence-electron chi connectivity index (χ0n) is 10.2. The summed E-state index contributed by atoms with van der Waals surface area (Å²) in [7, 11) is 0. The fourth-order valence-electron chi connectivity index (χ4n) is 1.92. The molecular weight excluding hydrogens is 214 g/mol. The van der Waals surface area contributed by atoms with Gasteiger partial charge in [-0.3, -0.25) is 4.79 Å². The summed E-state index contributed by atoms with van der Waals surface area (Å²) in [5.74, 6) is 0.768. The molecule has 0 spiro atoms. The Balaban J connectivity index is 2.21. The average Bonchev–Trinajstić information content (AvgIpc) is 2.25. The molecule has 1 aromatic carbocycles. The molecule has 1 unspecified atom stereocenters. The first-order valence-corrected chi connectivity index (χ1v) is 5.79. The van der Waals surface area contributed by atoms with E-state index < -0.39 is 0 Å². The number of carbonyl (C=O) groups is 1. The molecule has 1 atom stereocenters. The summed E-state index contributed by atoms with van der Waals surface area (Å²) < 4.78 is 5.25. The van der Waals surface area contributed by atoms with Crippen molar-refractivity contribution in [1.29, 1.82) is 0 Å². The van der Waals surface area contributed by atoms with Crippen molar-refractivity contribution in [2.75, 3.05) is 11.9 Å². The number of benzene rings is 1. The third-order valence-corrected chi connectivity index (χ3v) is 2.84. The number of rotatable bonds is 3. The molecule has 90 valence electrons. The highest BCUT2D eigenvalue weighted by Crippen LogP contribution is 2.35. The lowest BCUT2D eigenvalue weighted by molar-refractivity contribution is -0.135. The molecule has 0 radical (unpaired) electrons. The van der Waals surface area contributed by atoms with E-state index in [4.69, 9.17) is 4.74 Å². The summed E-state index contributed by atoms with van der Waals surface area (Å²) in [5.41, 5.74) is 3.12. The molecule has 0 bridgehead atoms. The molecule has 2 rings (SSSR count). The number of ether oxygens (including phenoxy) is 1. The number of esters is 1. The van der Waals surface area contributed by atoms with E-state index in [0.29, 0.717) is 12.2 Å². The Morgan fingerprint density at radius 3 is 3.06 bits per heavy atom. The summed E-state index contributed by atoms with van der Waals surface area (Å²) in [6.07, 6.45) is 0.464. The summed E-state index contributed by atoms with van der Waals surface area (Å²) in [6.45, 7) is 8.57. The third kappa shape index (κ3) is 2.67. The zero-order valence-corrected chi connectivity index (χ0v) is 10.2. The van der Waals surface area contributed by atoms with Crippen LogP contribution in [-0.2, 0) is 4.79 Å². The van der Waals surface area contributed by atoms with E-state index in [0.717, 1.165) is 23.4 Å². The summed E-state index contributed by atoms with van der Waals surface area (Å²) in [6, 6.07) is 5.91. The number of nitrogens with one attached hydrogen (secondary N) is 1. The van der Waals surface area contributed by atoms with Gasteiger partial charge in [-0.05, 0) is 24.5 Å².